The van der Waals surface area contributed by atoms with E-state index in [-0.39, 0.29) is 5.75 Å². The minimum Gasteiger partial charge on any atom is -0.214 e. The Kier molecular flexibility index (Phi) is 6.96. The van der Waals surface area contributed by atoms with Crippen LogP contribution in [0.2, 0.25) is 5.02 Å². The van der Waals surface area contributed by atoms with Gasteiger partial charge in [0.2, 0.25) is 10.0 Å². The molecule has 6 heteroatoms. The third kappa shape index (κ3) is 6.96. The molecule has 2 aromatic rings. The van der Waals surface area contributed by atoms with Crippen LogP contribution in [0.1, 0.15) is 16.7 Å². The van der Waals surface area contributed by atoms with Crippen molar-refractivity contribution >= 4 is 33.4 Å². The SMILES string of the molecule is Cc1ccc(CSCCNS(=O)(=O)Cc2ccc(Cl)cc2)cc1. The van der Waals surface area contributed by atoms with Crippen molar-refractivity contribution in [2.45, 2.75) is 18.4 Å². The van der Waals surface area contributed by atoms with Gasteiger partial charge in [-0.3, -0.25) is 0 Å². The summed E-state index contributed by atoms with van der Waals surface area (Å²) >= 11 is 7.51. The number of thioether (sulfide) groups is 1. The van der Waals surface area contributed by atoms with E-state index in [9.17, 15) is 8.42 Å². The summed E-state index contributed by atoms with van der Waals surface area (Å²) in [5, 5.41) is 0.603. The summed E-state index contributed by atoms with van der Waals surface area (Å²) in [6.45, 7) is 2.50. The van der Waals surface area contributed by atoms with E-state index < -0.39 is 10.0 Å². The van der Waals surface area contributed by atoms with Crippen LogP contribution in [0.15, 0.2) is 48.5 Å². The van der Waals surface area contributed by atoms with E-state index in [1.807, 2.05) is 0 Å². The third-order valence-corrected chi connectivity index (χ3v) is 5.87. The van der Waals surface area contributed by atoms with Crippen molar-refractivity contribution in [1.29, 1.82) is 0 Å². The van der Waals surface area contributed by atoms with Crippen LogP contribution in [0.3, 0.4) is 0 Å². The fourth-order valence-electron chi connectivity index (χ4n) is 1.99. The average Bonchev–Trinajstić information content (AvgIpc) is 2.51. The van der Waals surface area contributed by atoms with Gasteiger partial charge in [0.25, 0.3) is 0 Å². The zero-order valence-corrected chi connectivity index (χ0v) is 15.3. The summed E-state index contributed by atoms with van der Waals surface area (Å²) in [6, 6.07) is 15.2. The lowest BCUT2D eigenvalue weighted by atomic mass is 10.2. The Morgan fingerprint density at radius 3 is 2.26 bits per heavy atom. The Morgan fingerprint density at radius 1 is 1.00 bits per heavy atom. The van der Waals surface area contributed by atoms with Gasteiger partial charge in [0.1, 0.15) is 0 Å². The Bertz CT molecular complexity index is 713. The lowest BCUT2D eigenvalue weighted by molar-refractivity contribution is 0.583. The van der Waals surface area contributed by atoms with Crippen LogP contribution < -0.4 is 4.72 Å². The van der Waals surface area contributed by atoms with Crippen molar-refractivity contribution in [2.75, 3.05) is 12.3 Å². The summed E-state index contributed by atoms with van der Waals surface area (Å²) < 4.78 is 26.6. The molecule has 23 heavy (non-hydrogen) atoms. The molecule has 3 nitrogen and oxygen atoms in total. The molecule has 0 bridgehead atoms. The highest BCUT2D eigenvalue weighted by Crippen LogP contribution is 2.13. The molecule has 0 unspecified atom stereocenters. The standard InChI is InChI=1S/C17H20ClNO2S2/c1-14-2-4-15(5-3-14)12-22-11-10-19-23(20,21)13-16-6-8-17(18)9-7-16/h2-9,19H,10-13H2,1H3. The number of halogens is 1. The zero-order valence-electron chi connectivity index (χ0n) is 13.0. The maximum Gasteiger partial charge on any atom is 0.215 e. The number of hydrogen-bond donors (Lipinski definition) is 1. The number of sulfonamides is 1. The highest BCUT2D eigenvalue weighted by atomic mass is 35.5. The first-order chi connectivity index (χ1) is 10.9. The van der Waals surface area contributed by atoms with Gasteiger partial charge < -0.3 is 0 Å². The normalized spacial score (nSPS) is 11.6. The summed E-state index contributed by atoms with van der Waals surface area (Å²) in [5.74, 6) is 1.61. The maximum atomic E-state index is 12.0. The van der Waals surface area contributed by atoms with E-state index >= 15 is 0 Å². The minimum atomic E-state index is -3.30. The van der Waals surface area contributed by atoms with Crippen molar-refractivity contribution in [2.24, 2.45) is 0 Å². The summed E-state index contributed by atoms with van der Waals surface area (Å²) in [7, 11) is -3.30. The Hall–Kier alpha value is -1.01. The van der Waals surface area contributed by atoms with Gasteiger partial charge in [-0.05, 0) is 30.2 Å². The Morgan fingerprint density at radius 2 is 1.61 bits per heavy atom. The molecule has 0 saturated heterocycles. The predicted molar refractivity (Wildman–Crippen MR) is 99.4 cm³/mol. The molecule has 0 amide bonds. The molecule has 0 heterocycles. The Labute approximate surface area is 147 Å². The van der Waals surface area contributed by atoms with E-state index in [2.05, 4.69) is 35.9 Å². The monoisotopic (exact) mass is 369 g/mol. The van der Waals surface area contributed by atoms with Crippen LogP contribution in [0.5, 0.6) is 0 Å². The van der Waals surface area contributed by atoms with Crippen LogP contribution in [0.25, 0.3) is 0 Å². The van der Waals surface area contributed by atoms with Crippen LogP contribution in [-0.4, -0.2) is 20.7 Å². The molecule has 2 aromatic carbocycles. The molecule has 0 atom stereocenters. The van der Waals surface area contributed by atoms with Gasteiger partial charge >= 0.3 is 0 Å². The second-order valence-corrected chi connectivity index (χ2v) is 8.67. The minimum absolute atomic E-state index is 0.0210. The van der Waals surface area contributed by atoms with Crippen molar-refractivity contribution in [1.82, 2.24) is 4.72 Å². The maximum absolute atomic E-state index is 12.0. The Balaban J connectivity index is 1.70. The molecule has 2 rings (SSSR count). The second kappa shape index (κ2) is 8.73. The van der Waals surface area contributed by atoms with Crippen molar-refractivity contribution in [3.05, 3.63) is 70.2 Å². The topological polar surface area (TPSA) is 46.2 Å². The van der Waals surface area contributed by atoms with E-state index in [4.69, 9.17) is 11.6 Å². The number of nitrogens with one attached hydrogen (secondary N) is 1. The van der Waals surface area contributed by atoms with Gasteiger partial charge in [0.05, 0.1) is 5.75 Å². The molecule has 0 aromatic heterocycles. The second-order valence-electron chi connectivity index (χ2n) is 5.32. The van der Waals surface area contributed by atoms with E-state index in [0.29, 0.717) is 11.6 Å². The van der Waals surface area contributed by atoms with Crippen LogP contribution in [0.4, 0.5) is 0 Å². The van der Waals surface area contributed by atoms with Crippen molar-refractivity contribution < 1.29 is 8.42 Å². The molecule has 0 radical (unpaired) electrons. The zero-order chi connectivity index (χ0) is 16.7. The number of hydrogen-bond acceptors (Lipinski definition) is 3. The van der Waals surface area contributed by atoms with Gasteiger partial charge in [0.15, 0.2) is 0 Å². The lowest BCUT2D eigenvalue weighted by Crippen LogP contribution is -2.27. The molecular formula is C17H20ClNO2S2. The fraction of sp³-hybridized carbons (Fsp3) is 0.294. The fourth-order valence-corrected chi connectivity index (χ4v) is 4.22. The van der Waals surface area contributed by atoms with E-state index in [1.165, 1.54) is 11.1 Å². The smallest absolute Gasteiger partial charge is 0.214 e. The molecule has 0 fully saturated rings. The molecule has 124 valence electrons. The predicted octanol–water partition coefficient (Wildman–Crippen LogP) is 4.00. The lowest BCUT2D eigenvalue weighted by Gasteiger charge is -2.07. The quantitative estimate of drug-likeness (QED) is 0.715. The third-order valence-electron chi connectivity index (χ3n) is 3.23. The number of rotatable bonds is 8. The first-order valence-electron chi connectivity index (χ1n) is 7.30. The van der Waals surface area contributed by atoms with E-state index in [1.54, 1.807) is 36.0 Å². The first kappa shape index (κ1) is 18.3. The molecule has 1 N–H and O–H groups in total. The van der Waals surface area contributed by atoms with Gasteiger partial charge in [0, 0.05) is 23.1 Å². The first-order valence-corrected chi connectivity index (χ1v) is 10.5. The van der Waals surface area contributed by atoms with Gasteiger partial charge in [-0.25, -0.2) is 13.1 Å². The molecule has 0 aliphatic heterocycles. The van der Waals surface area contributed by atoms with Crippen LogP contribution in [-0.2, 0) is 21.5 Å². The largest absolute Gasteiger partial charge is 0.215 e. The van der Waals surface area contributed by atoms with Crippen molar-refractivity contribution in [3.8, 4) is 0 Å². The van der Waals surface area contributed by atoms with Crippen LogP contribution >= 0.6 is 23.4 Å². The summed E-state index contributed by atoms with van der Waals surface area (Å²) in [4.78, 5) is 0. The highest BCUT2D eigenvalue weighted by molar-refractivity contribution is 7.98. The molecule has 0 aliphatic rings. The van der Waals surface area contributed by atoms with E-state index in [0.717, 1.165) is 17.1 Å². The average molecular weight is 370 g/mol. The van der Waals surface area contributed by atoms with Gasteiger partial charge in [-0.2, -0.15) is 11.8 Å². The van der Waals surface area contributed by atoms with Crippen LogP contribution in [0, 0.1) is 6.92 Å². The molecule has 0 spiro atoms. The molecular weight excluding hydrogens is 350 g/mol. The molecule has 0 aliphatic carbocycles. The van der Waals surface area contributed by atoms with Gasteiger partial charge in [-0.1, -0.05) is 53.6 Å². The number of benzene rings is 2. The van der Waals surface area contributed by atoms with Crippen molar-refractivity contribution in [3.63, 3.8) is 0 Å². The highest BCUT2D eigenvalue weighted by Gasteiger charge is 2.10. The number of aryl methyl sites for hydroxylation is 1. The molecule has 0 saturated carbocycles. The summed E-state index contributed by atoms with van der Waals surface area (Å²) in [6.07, 6.45) is 0. The summed E-state index contributed by atoms with van der Waals surface area (Å²) in [5.41, 5.74) is 3.23. The van der Waals surface area contributed by atoms with Gasteiger partial charge in [-0.15, -0.1) is 0 Å².